The minimum Gasteiger partial charge on any atom is -0.372 e. The molecular weight excluding hydrogens is 224 g/mol. The van der Waals surface area contributed by atoms with Crippen molar-refractivity contribution in [3.63, 3.8) is 0 Å². The number of nitrogens with zero attached hydrogens (tertiary/aromatic N) is 1. The summed E-state index contributed by atoms with van der Waals surface area (Å²) in [4.78, 5) is 2.33. The van der Waals surface area contributed by atoms with E-state index >= 15 is 0 Å². The Morgan fingerprint density at radius 2 is 2.11 bits per heavy atom. The van der Waals surface area contributed by atoms with Gasteiger partial charge >= 0.3 is 0 Å². The maximum atomic E-state index is 6.02. The molecule has 0 spiro atoms. The Bertz CT molecular complexity index is 367. The molecule has 1 aliphatic heterocycles. The second-order valence-corrected chi connectivity index (χ2v) is 5.11. The summed E-state index contributed by atoms with van der Waals surface area (Å²) in [6.07, 6.45) is 2.64. The van der Waals surface area contributed by atoms with Crippen molar-refractivity contribution in [3.05, 3.63) is 35.4 Å². The molecule has 1 aliphatic rings. The van der Waals surface area contributed by atoms with Crippen LogP contribution in [0.15, 0.2) is 24.3 Å². The van der Waals surface area contributed by atoms with E-state index in [9.17, 15) is 0 Å². The Kier molecular flexibility index (Phi) is 5.17. The first-order valence-corrected chi connectivity index (χ1v) is 6.81. The molecule has 1 N–H and O–H groups in total. The number of ether oxygens (including phenoxy) is 1. The van der Waals surface area contributed by atoms with Gasteiger partial charge in [0.15, 0.2) is 0 Å². The van der Waals surface area contributed by atoms with Gasteiger partial charge in [-0.05, 0) is 44.6 Å². The number of nitrogens with one attached hydrogen (secondary N) is 1. The Balaban J connectivity index is 1.88. The summed E-state index contributed by atoms with van der Waals surface area (Å²) >= 11 is 0. The number of rotatable bonds is 6. The van der Waals surface area contributed by atoms with Gasteiger partial charge in [0.05, 0.1) is 12.7 Å². The van der Waals surface area contributed by atoms with E-state index in [1.165, 1.54) is 11.1 Å². The molecule has 0 bridgehead atoms. The van der Waals surface area contributed by atoms with Crippen LogP contribution >= 0.6 is 0 Å². The lowest BCUT2D eigenvalue weighted by Gasteiger charge is -2.14. The zero-order valence-electron chi connectivity index (χ0n) is 11.5. The predicted molar refractivity (Wildman–Crippen MR) is 74.8 cm³/mol. The molecule has 1 aromatic carbocycles. The minimum atomic E-state index is 0.410. The summed E-state index contributed by atoms with van der Waals surface area (Å²) in [6.45, 7) is 3.99. The van der Waals surface area contributed by atoms with Crippen molar-refractivity contribution in [3.8, 4) is 0 Å². The van der Waals surface area contributed by atoms with Gasteiger partial charge in [-0.15, -0.1) is 0 Å². The van der Waals surface area contributed by atoms with Crippen molar-refractivity contribution in [2.75, 3.05) is 33.7 Å². The Labute approximate surface area is 110 Å². The van der Waals surface area contributed by atoms with Crippen molar-refractivity contribution < 1.29 is 4.74 Å². The van der Waals surface area contributed by atoms with Crippen LogP contribution in [0, 0.1) is 0 Å². The number of hydrogen-bond acceptors (Lipinski definition) is 3. The summed E-state index contributed by atoms with van der Waals surface area (Å²) in [5.74, 6) is 0. The van der Waals surface area contributed by atoms with Gasteiger partial charge in [0.25, 0.3) is 0 Å². The molecule has 1 aromatic rings. The topological polar surface area (TPSA) is 24.5 Å². The fourth-order valence-electron chi connectivity index (χ4n) is 2.44. The summed E-state index contributed by atoms with van der Waals surface area (Å²) < 4.78 is 6.02. The van der Waals surface area contributed by atoms with Crippen molar-refractivity contribution >= 4 is 0 Å². The SMILES string of the molecule is CNCCc1ccccc1COC1CCN(C)C1. The van der Waals surface area contributed by atoms with Crippen LogP contribution in [0.3, 0.4) is 0 Å². The van der Waals surface area contributed by atoms with Gasteiger partial charge in [-0.1, -0.05) is 24.3 Å². The Hall–Kier alpha value is -0.900. The van der Waals surface area contributed by atoms with Crippen molar-refractivity contribution in [1.82, 2.24) is 10.2 Å². The average molecular weight is 248 g/mol. The number of likely N-dealkylation sites (N-methyl/N-ethyl adjacent to an activating group) is 2. The van der Waals surface area contributed by atoms with Crippen LogP contribution in [0.4, 0.5) is 0 Å². The fourth-order valence-corrected chi connectivity index (χ4v) is 2.44. The van der Waals surface area contributed by atoms with E-state index in [0.29, 0.717) is 6.10 Å². The third-order valence-corrected chi connectivity index (χ3v) is 3.59. The lowest BCUT2D eigenvalue weighted by Crippen LogP contribution is -2.19. The van der Waals surface area contributed by atoms with Crippen molar-refractivity contribution in [2.45, 2.75) is 25.6 Å². The molecule has 1 fully saturated rings. The van der Waals surface area contributed by atoms with Gasteiger partial charge < -0.3 is 15.0 Å². The van der Waals surface area contributed by atoms with Gasteiger partial charge in [-0.25, -0.2) is 0 Å². The van der Waals surface area contributed by atoms with Crippen LogP contribution in [0.2, 0.25) is 0 Å². The number of hydrogen-bond donors (Lipinski definition) is 1. The fraction of sp³-hybridized carbons (Fsp3) is 0.600. The molecule has 3 heteroatoms. The molecule has 1 atom stereocenters. The monoisotopic (exact) mass is 248 g/mol. The van der Waals surface area contributed by atoms with E-state index in [4.69, 9.17) is 4.74 Å². The average Bonchev–Trinajstić information content (AvgIpc) is 2.81. The zero-order chi connectivity index (χ0) is 12.8. The quantitative estimate of drug-likeness (QED) is 0.829. The van der Waals surface area contributed by atoms with E-state index in [2.05, 4.69) is 41.5 Å². The largest absolute Gasteiger partial charge is 0.372 e. The van der Waals surface area contributed by atoms with Crippen molar-refractivity contribution in [1.29, 1.82) is 0 Å². The van der Waals surface area contributed by atoms with Crippen molar-refractivity contribution in [2.24, 2.45) is 0 Å². The molecule has 100 valence electrons. The third-order valence-electron chi connectivity index (χ3n) is 3.59. The Morgan fingerprint density at radius 1 is 1.33 bits per heavy atom. The maximum absolute atomic E-state index is 6.02. The van der Waals surface area contributed by atoms with E-state index in [0.717, 1.165) is 39.1 Å². The second kappa shape index (κ2) is 6.88. The summed E-state index contributed by atoms with van der Waals surface area (Å²) in [7, 11) is 4.15. The molecule has 0 radical (unpaired) electrons. The van der Waals surface area contributed by atoms with Crippen LogP contribution in [0.5, 0.6) is 0 Å². The highest BCUT2D eigenvalue weighted by Gasteiger charge is 2.19. The molecule has 1 heterocycles. The molecule has 0 aliphatic carbocycles. The maximum Gasteiger partial charge on any atom is 0.0723 e. The van der Waals surface area contributed by atoms with E-state index in [-0.39, 0.29) is 0 Å². The zero-order valence-corrected chi connectivity index (χ0v) is 11.5. The van der Waals surface area contributed by atoms with Crippen LogP contribution in [0.25, 0.3) is 0 Å². The molecular formula is C15H24N2O. The first kappa shape index (κ1) is 13.5. The van der Waals surface area contributed by atoms with Gasteiger partial charge in [-0.3, -0.25) is 0 Å². The van der Waals surface area contributed by atoms with Gasteiger partial charge in [-0.2, -0.15) is 0 Å². The smallest absolute Gasteiger partial charge is 0.0723 e. The molecule has 3 nitrogen and oxygen atoms in total. The van der Waals surface area contributed by atoms with E-state index in [1.807, 2.05) is 7.05 Å². The molecule has 1 saturated heterocycles. The standard InChI is InChI=1S/C15H24N2O/c1-16-9-7-13-5-3-4-6-14(13)12-18-15-8-10-17(2)11-15/h3-6,15-16H,7-12H2,1-2H3. The molecule has 1 unspecified atom stereocenters. The van der Waals surface area contributed by atoms with E-state index in [1.54, 1.807) is 0 Å². The highest BCUT2D eigenvalue weighted by atomic mass is 16.5. The molecule has 18 heavy (non-hydrogen) atoms. The lowest BCUT2D eigenvalue weighted by molar-refractivity contribution is 0.0480. The Morgan fingerprint density at radius 3 is 2.78 bits per heavy atom. The molecule has 2 rings (SSSR count). The van der Waals surface area contributed by atoms with Gasteiger partial charge in [0.1, 0.15) is 0 Å². The first-order chi connectivity index (χ1) is 8.79. The summed E-state index contributed by atoms with van der Waals surface area (Å²) in [5.41, 5.74) is 2.74. The molecule has 0 amide bonds. The second-order valence-electron chi connectivity index (χ2n) is 5.11. The highest BCUT2D eigenvalue weighted by Crippen LogP contribution is 2.15. The van der Waals surface area contributed by atoms with Crippen LogP contribution in [0.1, 0.15) is 17.5 Å². The predicted octanol–water partition coefficient (Wildman–Crippen LogP) is 1.67. The van der Waals surface area contributed by atoms with Crippen LogP contribution in [-0.4, -0.2) is 44.7 Å². The lowest BCUT2D eigenvalue weighted by atomic mass is 10.1. The first-order valence-electron chi connectivity index (χ1n) is 6.81. The van der Waals surface area contributed by atoms with Crippen LogP contribution in [-0.2, 0) is 17.8 Å². The number of benzene rings is 1. The molecule has 0 saturated carbocycles. The highest BCUT2D eigenvalue weighted by molar-refractivity contribution is 5.26. The molecule has 0 aromatic heterocycles. The van der Waals surface area contributed by atoms with Crippen LogP contribution < -0.4 is 5.32 Å². The number of likely N-dealkylation sites (tertiary alicyclic amines) is 1. The van der Waals surface area contributed by atoms with E-state index < -0.39 is 0 Å². The third kappa shape index (κ3) is 3.80. The normalized spacial score (nSPS) is 20.4. The van der Waals surface area contributed by atoms with Gasteiger partial charge in [0, 0.05) is 13.1 Å². The minimum absolute atomic E-state index is 0.410. The summed E-state index contributed by atoms with van der Waals surface area (Å²) in [6, 6.07) is 8.60. The summed E-state index contributed by atoms with van der Waals surface area (Å²) in [5, 5.41) is 3.20. The van der Waals surface area contributed by atoms with Gasteiger partial charge in [0.2, 0.25) is 0 Å².